The van der Waals surface area contributed by atoms with Gasteiger partial charge in [-0.1, -0.05) is 0 Å². The van der Waals surface area contributed by atoms with Crippen LogP contribution in [0.3, 0.4) is 0 Å². The molecule has 122 valence electrons. The first-order chi connectivity index (χ1) is 9.34. The maximum Gasteiger partial charge on any atom is 0.490 e. The number of esters is 3. The molecule has 0 aliphatic carbocycles. The van der Waals surface area contributed by atoms with Gasteiger partial charge in [0, 0.05) is 6.92 Å². The third-order valence-electron chi connectivity index (χ3n) is 1.60. The van der Waals surface area contributed by atoms with E-state index in [1.165, 1.54) is 0 Å². The van der Waals surface area contributed by atoms with E-state index in [1.807, 2.05) is 0 Å². The third kappa shape index (κ3) is 7.99. The molecule has 0 aliphatic heterocycles. The van der Waals surface area contributed by atoms with Crippen molar-refractivity contribution in [2.45, 2.75) is 25.4 Å². The molecule has 12 heteroatoms. The monoisotopic (exact) mass is 326 g/mol. The summed E-state index contributed by atoms with van der Waals surface area (Å²) in [6, 6.07) is 0. The first-order valence-corrected chi connectivity index (χ1v) is 4.99. The molecular formula is C9H8F6O6. The van der Waals surface area contributed by atoms with Gasteiger partial charge >= 0.3 is 30.3 Å². The number of hydrogen-bond donors (Lipinski definition) is 0. The summed E-state index contributed by atoms with van der Waals surface area (Å²) in [5.74, 6) is -6.37. The van der Waals surface area contributed by atoms with Crippen molar-refractivity contribution < 1.29 is 54.9 Å². The van der Waals surface area contributed by atoms with Crippen LogP contribution in [-0.4, -0.2) is 49.6 Å². The first-order valence-electron chi connectivity index (χ1n) is 4.99. The molecular weight excluding hydrogens is 318 g/mol. The van der Waals surface area contributed by atoms with Crippen LogP contribution in [0.4, 0.5) is 26.3 Å². The van der Waals surface area contributed by atoms with E-state index in [4.69, 9.17) is 0 Å². The number of alkyl halides is 6. The van der Waals surface area contributed by atoms with E-state index >= 15 is 0 Å². The zero-order chi connectivity index (χ0) is 16.8. The van der Waals surface area contributed by atoms with Crippen molar-refractivity contribution in [1.29, 1.82) is 0 Å². The number of ether oxygens (including phenoxy) is 3. The van der Waals surface area contributed by atoms with Crippen LogP contribution < -0.4 is 0 Å². The molecule has 0 heterocycles. The van der Waals surface area contributed by atoms with E-state index in [0.29, 0.717) is 0 Å². The van der Waals surface area contributed by atoms with Crippen LogP contribution in [-0.2, 0) is 28.6 Å². The van der Waals surface area contributed by atoms with Crippen LogP contribution >= 0.6 is 0 Å². The summed E-state index contributed by atoms with van der Waals surface area (Å²) in [5, 5.41) is 0. The second-order valence-corrected chi connectivity index (χ2v) is 3.42. The average molecular weight is 326 g/mol. The van der Waals surface area contributed by atoms with Crippen molar-refractivity contribution in [3.05, 3.63) is 0 Å². The van der Waals surface area contributed by atoms with Gasteiger partial charge in [0.15, 0.2) is 6.10 Å². The van der Waals surface area contributed by atoms with E-state index in [9.17, 15) is 40.7 Å². The Morgan fingerprint density at radius 3 is 1.43 bits per heavy atom. The summed E-state index contributed by atoms with van der Waals surface area (Å²) < 4.78 is 82.5. The summed E-state index contributed by atoms with van der Waals surface area (Å²) in [5.41, 5.74) is 0. The van der Waals surface area contributed by atoms with Gasteiger partial charge in [0.05, 0.1) is 0 Å². The molecule has 0 aromatic rings. The Bertz CT molecular complexity index is 371. The molecule has 0 fully saturated rings. The van der Waals surface area contributed by atoms with E-state index in [1.54, 1.807) is 0 Å². The Balaban J connectivity index is 4.50. The van der Waals surface area contributed by atoms with Crippen molar-refractivity contribution in [2.75, 3.05) is 13.2 Å². The lowest BCUT2D eigenvalue weighted by Gasteiger charge is -2.17. The molecule has 0 aromatic carbocycles. The van der Waals surface area contributed by atoms with Crippen molar-refractivity contribution in [1.82, 2.24) is 0 Å². The number of hydrogen-bond acceptors (Lipinski definition) is 6. The van der Waals surface area contributed by atoms with Gasteiger partial charge in [-0.25, -0.2) is 9.59 Å². The molecule has 0 unspecified atom stereocenters. The summed E-state index contributed by atoms with van der Waals surface area (Å²) in [6.07, 6.45) is -12.5. The standard InChI is InChI=1S/C9H8F6O6/c1-4(16)21-5(2-19-6(17)8(10,11)12)3-20-7(18)9(13,14)15/h5H,2-3H2,1H3. The molecule has 0 bridgehead atoms. The smallest absolute Gasteiger partial charge is 0.455 e. The highest BCUT2D eigenvalue weighted by Gasteiger charge is 2.43. The highest BCUT2D eigenvalue weighted by molar-refractivity contribution is 5.76. The number of halogens is 6. The van der Waals surface area contributed by atoms with Crippen LogP contribution in [0, 0.1) is 0 Å². The van der Waals surface area contributed by atoms with Crippen LogP contribution in [0.5, 0.6) is 0 Å². The SMILES string of the molecule is CC(=O)OC(COC(=O)C(F)(F)F)COC(=O)C(F)(F)F. The van der Waals surface area contributed by atoms with Crippen LogP contribution in [0.2, 0.25) is 0 Å². The highest BCUT2D eigenvalue weighted by atomic mass is 19.4. The quantitative estimate of drug-likeness (QED) is 0.428. The topological polar surface area (TPSA) is 78.9 Å². The predicted octanol–water partition coefficient (Wildman–Crippen LogP) is 1.13. The van der Waals surface area contributed by atoms with Crippen LogP contribution in [0.15, 0.2) is 0 Å². The van der Waals surface area contributed by atoms with E-state index < -0.39 is 49.6 Å². The molecule has 0 rings (SSSR count). The minimum atomic E-state index is -5.33. The maximum absolute atomic E-state index is 11.8. The highest BCUT2D eigenvalue weighted by Crippen LogP contribution is 2.18. The molecule has 0 amide bonds. The van der Waals surface area contributed by atoms with Gasteiger partial charge in [-0.2, -0.15) is 26.3 Å². The Morgan fingerprint density at radius 2 is 1.19 bits per heavy atom. The molecule has 0 N–H and O–H groups in total. The van der Waals surface area contributed by atoms with Crippen LogP contribution in [0.1, 0.15) is 6.92 Å². The maximum atomic E-state index is 11.8. The van der Waals surface area contributed by atoms with Crippen molar-refractivity contribution >= 4 is 17.9 Å². The minimum absolute atomic E-state index is 0.796. The third-order valence-corrected chi connectivity index (χ3v) is 1.60. The number of rotatable bonds is 5. The zero-order valence-corrected chi connectivity index (χ0v) is 10.2. The normalized spacial score (nSPS) is 12.0. The summed E-state index contributed by atoms with van der Waals surface area (Å²) in [4.78, 5) is 31.3. The number of carbonyl (C=O) groups is 3. The summed E-state index contributed by atoms with van der Waals surface area (Å²) in [6.45, 7) is -1.67. The van der Waals surface area contributed by atoms with Gasteiger partial charge in [-0.3, -0.25) is 4.79 Å². The molecule has 0 saturated heterocycles. The molecule has 0 aliphatic rings. The van der Waals surface area contributed by atoms with E-state index in [0.717, 1.165) is 6.92 Å². The minimum Gasteiger partial charge on any atom is -0.455 e. The second-order valence-electron chi connectivity index (χ2n) is 3.42. The van der Waals surface area contributed by atoms with Gasteiger partial charge in [0.25, 0.3) is 0 Å². The predicted molar refractivity (Wildman–Crippen MR) is 49.6 cm³/mol. The first kappa shape index (κ1) is 19.0. The van der Waals surface area contributed by atoms with Crippen molar-refractivity contribution in [3.8, 4) is 0 Å². The molecule has 0 radical (unpaired) electrons. The molecule has 0 saturated carbocycles. The molecule has 0 spiro atoms. The van der Waals surface area contributed by atoms with Crippen LogP contribution in [0.25, 0.3) is 0 Å². The van der Waals surface area contributed by atoms with E-state index in [-0.39, 0.29) is 0 Å². The van der Waals surface area contributed by atoms with Crippen molar-refractivity contribution in [3.63, 3.8) is 0 Å². The Hall–Kier alpha value is -2.01. The molecule has 0 aromatic heterocycles. The lowest BCUT2D eigenvalue weighted by atomic mass is 10.4. The molecule has 0 atom stereocenters. The summed E-state index contributed by atoms with van der Waals surface area (Å²) >= 11 is 0. The largest absolute Gasteiger partial charge is 0.490 e. The Labute approximate surface area is 112 Å². The number of carbonyl (C=O) groups excluding carboxylic acids is 3. The fourth-order valence-electron chi connectivity index (χ4n) is 0.852. The lowest BCUT2D eigenvalue weighted by molar-refractivity contribution is -0.209. The second kappa shape index (κ2) is 7.13. The Kier molecular flexibility index (Phi) is 6.45. The van der Waals surface area contributed by atoms with E-state index in [2.05, 4.69) is 14.2 Å². The van der Waals surface area contributed by atoms with Crippen molar-refractivity contribution in [2.24, 2.45) is 0 Å². The van der Waals surface area contributed by atoms with Gasteiger partial charge < -0.3 is 14.2 Å². The lowest BCUT2D eigenvalue weighted by Crippen LogP contribution is -2.35. The zero-order valence-electron chi connectivity index (χ0n) is 10.2. The molecule has 6 nitrogen and oxygen atoms in total. The fraction of sp³-hybridized carbons (Fsp3) is 0.667. The fourth-order valence-corrected chi connectivity index (χ4v) is 0.852. The van der Waals surface area contributed by atoms with Gasteiger partial charge in [0.2, 0.25) is 0 Å². The Morgan fingerprint density at radius 1 is 0.857 bits per heavy atom. The average Bonchev–Trinajstić information content (AvgIpc) is 2.28. The van der Waals surface area contributed by atoms with Gasteiger partial charge in [-0.05, 0) is 0 Å². The van der Waals surface area contributed by atoms with Gasteiger partial charge in [-0.15, -0.1) is 0 Å². The summed E-state index contributed by atoms with van der Waals surface area (Å²) in [7, 11) is 0. The van der Waals surface area contributed by atoms with Gasteiger partial charge in [0.1, 0.15) is 13.2 Å². The molecule has 21 heavy (non-hydrogen) atoms.